The molecule has 2 aliphatic heterocycles. The number of para-hydroxylation sites is 1. The fourth-order valence-electron chi connectivity index (χ4n) is 3.56. The number of hydrogen-bond acceptors (Lipinski definition) is 2. The summed E-state index contributed by atoms with van der Waals surface area (Å²) in [5, 5.41) is 2.88. The Morgan fingerprint density at radius 1 is 1.13 bits per heavy atom. The van der Waals surface area contributed by atoms with Crippen molar-refractivity contribution >= 4 is 23.4 Å². The molecule has 0 spiro atoms. The van der Waals surface area contributed by atoms with E-state index in [2.05, 4.69) is 55.3 Å². The second kappa shape index (κ2) is 5.40. The lowest BCUT2D eigenvalue weighted by Gasteiger charge is -2.26. The van der Waals surface area contributed by atoms with E-state index in [1.54, 1.807) is 0 Å². The van der Waals surface area contributed by atoms with Gasteiger partial charge in [0, 0.05) is 10.4 Å². The second-order valence-electron chi connectivity index (χ2n) is 6.93. The third kappa shape index (κ3) is 2.46. The summed E-state index contributed by atoms with van der Waals surface area (Å²) in [6, 6.07) is 16.8. The van der Waals surface area contributed by atoms with E-state index >= 15 is 0 Å². The largest absolute Gasteiger partial charge is 0.265 e. The van der Waals surface area contributed by atoms with Crippen LogP contribution in [0.25, 0.3) is 6.08 Å². The summed E-state index contributed by atoms with van der Waals surface area (Å²) in [7, 11) is 0. The summed E-state index contributed by atoms with van der Waals surface area (Å²) in [5.41, 5.74) is 3.79. The Morgan fingerprint density at radius 3 is 2.65 bits per heavy atom. The maximum atomic E-state index is 6.29. The van der Waals surface area contributed by atoms with Crippen LogP contribution in [0.3, 0.4) is 0 Å². The summed E-state index contributed by atoms with van der Waals surface area (Å²) in [4.78, 5) is 6.29. The van der Waals surface area contributed by atoms with E-state index < -0.39 is 0 Å². The average molecular weight is 326 g/mol. The van der Waals surface area contributed by atoms with Crippen molar-refractivity contribution in [2.45, 2.75) is 32.4 Å². The summed E-state index contributed by atoms with van der Waals surface area (Å²) in [6.07, 6.45) is 5.41. The monoisotopic (exact) mass is 325 g/mol. The number of hydrogen-bond donors (Lipinski definition) is 0. The molecule has 0 bridgehead atoms. The quantitative estimate of drug-likeness (QED) is 0.759. The molecule has 23 heavy (non-hydrogen) atoms. The van der Waals surface area contributed by atoms with Crippen molar-refractivity contribution in [1.82, 2.24) is 0 Å². The Kier molecular flexibility index (Phi) is 3.47. The fourth-order valence-corrected chi connectivity index (χ4v) is 3.68. The summed E-state index contributed by atoms with van der Waals surface area (Å²) in [6.45, 7) is 4.58. The molecule has 2 unspecified atom stereocenters. The molecule has 2 aliphatic rings. The highest BCUT2D eigenvalue weighted by atomic mass is 35.5. The normalized spacial score (nSPS) is 24.9. The number of nitrogens with zero attached hydrogens (tertiary/aromatic N) is 1. The highest BCUT2D eigenvalue weighted by Crippen LogP contribution is 2.48. The summed E-state index contributed by atoms with van der Waals surface area (Å²) in [5.74, 6) is 0. The number of anilines is 1. The van der Waals surface area contributed by atoms with Gasteiger partial charge in [0.2, 0.25) is 0 Å². The van der Waals surface area contributed by atoms with Gasteiger partial charge >= 0.3 is 0 Å². The highest BCUT2D eigenvalue weighted by molar-refractivity contribution is 6.30. The smallest absolute Gasteiger partial charge is 0.111 e. The minimum atomic E-state index is 0.0575. The molecule has 1 fully saturated rings. The zero-order chi connectivity index (χ0) is 16.0. The first-order valence-corrected chi connectivity index (χ1v) is 8.41. The number of hydroxylamine groups is 1. The molecule has 2 nitrogen and oxygen atoms in total. The minimum absolute atomic E-state index is 0.0575. The van der Waals surface area contributed by atoms with E-state index in [1.165, 1.54) is 11.3 Å². The second-order valence-corrected chi connectivity index (χ2v) is 7.37. The van der Waals surface area contributed by atoms with E-state index in [9.17, 15) is 0 Å². The van der Waals surface area contributed by atoms with Gasteiger partial charge in [-0.15, -0.1) is 0 Å². The van der Waals surface area contributed by atoms with Crippen molar-refractivity contribution in [3.05, 3.63) is 70.8 Å². The van der Waals surface area contributed by atoms with Gasteiger partial charge in [-0.2, -0.15) is 0 Å². The molecule has 2 aromatic rings. The van der Waals surface area contributed by atoms with Crippen LogP contribution in [0.2, 0.25) is 5.02 Å². The number of halogens is 1. The van der Waals surface area contributed by atoms with Crippen LogP contribution in [0.5, 0.6) is 0 Å². The zero-order valence-corrected chi connectivity index (χ0v) is 14.1. The maximum Gasteiger partial charge on any atom is 0.111 e. The van der Waals surface area contributed by atoms with Gasteiger partial charge in [0.15, 0.2) is 0 Å². The topological polar surface area (TPSA) is 12.5 Å². The van der Waals surface area contributed by atoms with Crippen molar-refractivity contribution in [2.24, 2.45) is 5.41 Å². The van der Waals surface area contributed by atoms with Crippen molar-refractivity contribution < 1.29 is 4.84 Å². The Labute approximate surface area is 142 Å². The van der Waals surface area contributed by atoms with Gasteiger partial charge in [-0.05, 0) is 35.7 Å². The van der Waals surface area contributed by atoms with E-state index in [1.807, 2.05) is 24.3 Å². The predicted octanol–water partition coefficient (Wildman–Crippen LogP) is 5.12. The molecule has 2 aromatic carbocycles. The van der Waals surface area contributed by atoms with Gasteiger partial charge in [0.25, 0.3) is 0 Å². The first kappa shape index (κ1) is 14.8. The van der Waals surface area contributed by atoms with Crippen LogP contribution in [0.1, 0.15) is 25.0 Å². The van der Waals surface area contributed by atoms with Gasteiger partial charge in [-0.3, -0.25) is 4.84 Å². The minimum Gasteiger partial charge on any atom is -0.265 e. The molecular weight excluding hydrogens is 306 g/mol. The zero-order valence-electron chi connectivity index (χ0n) is 13.4. The van der Waals surface area contributed by atoms with Gasteiger partial charge < -0.3 is 0 Å². The Morgan fingerprint density at radius 2 is 1.87 bits per heavy atom. The van der Waals surface area contributed by atoms with E-state index in [0.717, 1.165) is 17.0 Å². The summed E-state index contributed by atoms with van der Waals surface area (Å²) >= 11 is 5.94. The number of benzene rings is 2. The maximum absolute atomic E-state index is 6.29. The van der Waals surface area contributed by atoms with Crippen LogP contribution in [0.4, 0.5) is 5.69 Å². The molecule has 118 valence electrons. The fraction of sp³-hybridized carbons (Fsp3) is 0.300. The Bertz CT molecular complexity index is 750. The molecule has 0 saturated carbocycles. The molecule has 0 N–H and O–H groups in total. The van der Waals surface area contributed by atoms with Gasteiger partial charge in [0.05, 0.1) is 11.7 Å². The van der Waals surface area contributed by atoms with Crippen molar-refractivity contribution in [2.75, 3.05) is 5.06 Å². The highest BCUT2D eigenvalue weighted by Gasteiger charge is 2.51. The molecule has 0 aliphatic carbocycles. The van der Waals surface area contributed by atoms with E-state index in [4.69, 9.17) is 16.4 Å². The number of rotatable bonds is 2. The SMILES string of the molecule is CC1(C)C(C=Cc2ccc(Cl)cc2)ON2c3ccccc3CC21. The molecule has 1 saturated heterocycles. The average Bonchev–Trinajstić information content (AvgIpc) is 3.02. The van der Waals surface area contributed by atoms with Gasteiger partial charge in [0.1, 0.15) is 6.10 Å². The lowest BCUT2D eigenvalue weighted by Crippen LogP contribution is -2.36. The third-order valence-corrected chi connectivity index (χ3v) is 5.33. The molecule has 3 heteroatoms. The van der Waals surface area contributed by atoms with Crippen LogP contribution in [0, 0.1) is 5.41 Å². The summed E-state index contributed by atoms with van der Waals surface area (Å²) < 4.78 is 0. The van der Waals surface area contributed by atoms with Crippen molar-refractivity contribution in [3.63, 3.8) is 0 Å². The third-order valence-electron chi connectivity index (χ3n) is 5.08. The van der Waals surface area contributed by atoms with Crippen LogP contribution >= 0.6 is 11.6 Å². The van der Waals surface area contributed by atoms with Crippen LogP contribution in [-0.2, 0) is 11.3 Å². The lowest BCUT2D eigenvalue weighted by atomic mass is 9.78. The molecule has 2 atom stereocenters. The molecule has 0 radical (unpaired) electrons. The predicted molar refractivity (Wildman–Crippen MR) is 95.6 cm³/mol. The molecule has 0 amide bonds. The van der Waals surface area contributed by atoms with Crippen LogP contribution < -0.4 is 5.06 Å². The Hall–Kier alpha value is -1.77. The van der Waals surface area contributed by atoms with Gasteiger partial charge in [-0.1, -0.05) is 67.9 Å². The molecular formula is C20H20ClNO. The number of fused-ring (bicyclic) bond motifs is 3. The lowest BCUT2D eigenvalue weighted by molar-refractivity contribution is 0.0849. The first-order chi connectivity index (χ1) is 11.1. The van der Waals surface area contributed by atoms with Crippen molar-refractivity contribution in [1.29, 1.82) is 0 Å². The van der Waals surface area contributed by atoms with E-state index in [-0.39, 0.29) is 11.5 Å². The van der Waals surface area contributed by atoms with Crippen molar-refractivity contribution in [3.8, 4) is 0 Å². The van der Waals surface area contributed by atoms with Gasteiger partial charge in [-0.25, -0.2) is 5.06 Å². The van der Waals surface area contributed by atoms with Crippen LogP contribution in [-0.4, -0.2) is 12.1 Å². The van der Waals surface area contributed by atoms with Crippen LogP contribution in [0.15, 0.2) is 54.6 Å². The molecule has 0 aromatic heterocycles. The molecule has 2 heterocycles. The van der Waals surface area contributed by atoms with E-state index in [0.29, 0.717) is 6.04 Å². The Balaban J connectivity index is 1.59. The standard InChI is InChI=1S/C20H20ClNO/c1-20(2)18-13-15-5-3-4-6-17(15)22(18)23-19(20)12-9-14-7-10-16(21)11-8-14/h3-12,18-19H,13H2,1-2H3. The first-order valence-electron chi connectivity index (χ1n) is 8.03. The molecule has 4 rings (SSSR count).